The molecule has 1 fully saturated rings. The number of nitrogens with two attached hydrogens (primary N) is 1. The van der Waals surface area contributed by atoms with E-state index in [1.54, 1.807) is 6.92 Å². The van der Waals surface area contributed by atoms with Gasteiger partial charge in [0.25, 0.3) is 0 Å². The Hall–Kier alpha value is -0.470. The standard InChI is InChI=1S/C11H18N2O3S2/c1-7-6-17-10(5-12)11(7)18(14,15)13-9-3-4-16-8(9)2/h6,8-9,13H,3-5,12H2,1-2H3. The van der Waals surface area contributed by atoms with Gasteiger partial charge in [-0.05, 0) is 31.2 Å². The fraction of sp³-hybridized carbons (Fsp3) is 0.636. The van der Waals surface area contributed by atoms with Crippen molar-refractivity contribution in [1.82, 2.24) is 4.72 Å². The lowest BCUT2D eigenvalue weighted by Gasteiger charge is -2.16. The maximum atomic E-state index is 12.4. The first kappa shape index (κ1) is 14.0. The number of hydrogen-bond acceptors (Lipinski definition) is 5. The minimum absolute atomic E-state index is 0.0833. The highest BCUT2D eigenvalue weighted by molar-refractivity contribution is 7.89. The van der Waals surface area contributed by atoms with Crippen LogP contribution in [0.1, 0.15) is 23.8 Å². The van der Waals surface area contributed by atoms with Crippen LogP contribution in [0.15, 0.2) is 10.3 Å². The smallest absolute Gasteiger partial charge is 0.242 e. The molecule has 0 aromatic carbocycles. The minimum Gasteiger partial charge on any atom is -0.377 e. The molecule has 2 unspecified atom stereocenters. The SMILES string of the molecule is Cc1csc(CN)c1S(=O)(=O)NC1CCOC1C. The predicted molar refractivity (Wildman–Crippen MR) is 71.1 cm³/mol. The highest BCUT2D eigenvalue weighted by Crippen LogP contribution is 2.27. The maximum Gasteiger partial charge on any atom is 0.242 e. The summed E-state index contributed by atoms with van der Waals surface area (Å²) in [4.78, 5) is 1.04. The van der Waals surface area contributed by atoms with E-state index in [1.165, 1.54) is 11.3 Å². The van der Waals surface area contributed by atoms with Crippen LogP contribution in [-0.2, 0) is 21.3 Å². The van der Waals surface area contributed by atoms with E-state index in [0.717, 1.165) is 5.56 Å². The first-order valence-corrected chi connectivity index (χ1v) is 8.23. The quantitative estimate of drug-likeness (QED) is 0.866. The Labute approximate surface area is 111 Å². The molecule has 0 radical (unpaired) electrons. The predicted octanol–water partition coefficient (Wildman–Crippen LogP) is 0.971. The van der Waals surface area contributed by atoms with Crippen LogP contribution in [0.2, 0.25) is 0 Å². The number of rotatable bonds is 4. The van der Waals surface area contributed by atoms with E-state index < -0.39 is 10.0 Å². The number of ether oxygens (including phenoxy) is 1. The fourth-order valence-corrected chi connectivity index (χ4v) is 5.17. The van der Waals surface area contributed by atoms with E-state index in [2.05, 4.69) is 4.72 Å². The number of hydrogen-bond donors (Lipinski definition) is 2. The van der Waals surface area contributed by atoms with Crippen LogP contribution in [0.3, 0.4) is 0 Å². The molecule has 1 aliphatic heterocycles. The molecule has 3 N–H and O–H groups in total. The van der Waals surface area contributed by atoms with Crippen molar-refractivity contribution in [2.24, 2.45) is 5.73 Å². The summed E-state index contributed by atoms with van der Waals surface area (Å²) >= 11 is 1.39. The van der Waals surface area contributed by atoms with E-state index in [0.29, 0.717) is 22.8 Å². The third kappa shape index (κ3) is 2.60. The van der Waals surface area contributed by atoms with Crippen LogP contribution in [0, 0.1) is 6.92 Å². The van der Waals surface area contributed by atoms with Gasteiger partial charge < -0.3 is 10.5 Å². The second-order valence-corrected chi connectivity index (χ2v) is 7.08. The summed E-state index contributed by atoms with van der Waals surface area (Å²) in [5, 5.41) is 1.82. The van der Waals surface area contributed by atoms with Gasteiger partial charge in [-0.1, -0.05) is 0 Å². The molecule has 7 heteroatoms. The first-order valence-electron chi connectivity index (χ1n) is 5.86. The van der Waals surface area contributed by atoms with Gasteiger partial charge in [0.15, 0.2) is 0 Å². The molecular weight excluding hydrogens is 272 g/mol. The molecule has 1 aromatic rings. The lowest BCUT2D eigenvalue weighted by atomic mass is 10.2. The Morgan fingerprint density at radius 1 is 1.61 bits per heavy atom. The molecule has 1 aliphatic rings. The molecule has 2 heterocycles. The lowest BCUT2D eigenvalue weighted by Crippen LogP contribution is -2.39. The Kier molecular flexibility index (Phi) is 4.08. The van der Waals surface area contributed by atoms with Gasteiger partial charge in [0.1, 0.15) is 4.90 Å². The van der Waals surface area contributed by atoms with Crippen molar-refractivity contribution in [3.8, 4) is 0 Å². The summed E-state index contributed by atoms with van der Waals surface area (Å²) in [6.07, 6.45) is 0.627. The highest BCUT2D eigenvalue weighted by Gasteiger charge is 2.31. The van der Waals surface area contributed by atoms with Gasteiger partial charge in [0, 0.05) is 18.0 Å². The van der Waals surface area contributed by atoms with Crippen molar-refractivity contribution in [3.05, 3.63) is 15.8 Å². The van der Waals surface area contributed by atoms with Crippen LogP contribution in [-0.4, -0.2) is 27.2 Å². The van der Waals surface area contributed by atoms with Gasteiger partial charge in [-0.25, -0.2) is 13.1 Å². The number of thiophene rings is 1. The highest BCUT2D eigenvalue weighted by atomic mass is 32.2. The van der Waals surface area contributed by atoms with E-state index in [4.69, 9.17) is 10.5 Å². The van der Waals surface area contributed by atoms with Crippen molar-refractivity contribution in [3.63, 3.8) is 0 Å². The van der Waals surface area contributed by atoms with Gasteiger partial charge in [-0.2, -0.15) is 0 Å². The largest absolute Gasteiger partial charge is 0.377 e. The Bertz CT molecular complexity index is 524. The molecular formula is C11H18N2O3S2. The third-order valence-corrected chi connectivity index (χ3v) is 6.10. The second-order valence-electron chi connectivity index (χ2n) is 4.47. The number of sulfonamides is 1. The van der Waals surface area contributed by atoms with Crippen LogP contribution in [0.4, 0.5) is 0 Å². The molecule has 5 nitrogen and oxygen atoms in total. The van der Waals surface area contributed by atoms with Crippen molar-refractivity contribution in [1.29, 1.82) is 0 Å². The summed E-state index contributed by atoms with van der Waals surface area (Å²) in [5.41, 5.74) is 6.34. The molecule has 0 saturated carbocycles. The van der Waals surface area contributed by atoms with Gasteiger partial charge in [0.05, 0.1) is 12.1 Å². The first-order chi connectivity index (χ1) is 8.45. The van der Waals surface area contributed by atoms with Crippen LogP contribution in [0.5, 0.6) is 0 Å². The summed E-state index contributed by atoms with van der Waals surface area (Å²) < 4.78 is 32.8. The van der Waals surface area contributed by atoms with E-state index in [9.17, 15) is 8.42 Å². The van der Waals surface area contributed by atoms with Crippen molar-refractivity contribution < 1.29 is 13.2 Å². The zero-order valence-corrected chi connectivity index (χ0v) is 12.1. The molecule has 1 saturated heterocycles. The summed E-state index contributed by atoms with van der Waals surface area (Å²) in [6.45, 7) is 4.51. The maximum absolute atomic E-state index is 12.4. The lowest BCUT2D eigenvalue weighted by molar-refractivity contribution is 0.117. The summed E-state index contributed by atoms with van der Waals surface area (Å²) in [6, 6.07) is -0.153. The van der Waals surface area contributed by atoms with E-state index in [1.807, 2.05) is 12.3 Å². The van der Waals surface area contributed by atoms with E-state index >= 15 is 0 Å². The van der Waals surface area contributed by atoms with Gasteiger partial charge >= 0.3 is 0 Å². The monoisotopic (exact) mass is 290 g/mol. The molecule has 1 aromatic heterocycles. The Balaban J connectivity index is 2.27. The third-order valence-electron chi connectivity index (χ3n) is 3.13. The second kappa shape index (κ2) is 5.26. The van der Waals surface area contributed by atoms with Crippen LogP contribution in [0.25, 0.3) is 0 Å². The number of nitrogens with one attached hydrogen (secondary N) is 1. The van der Waals surface area contributed by atoms with Gasteiger partial charge in [-0.3, -0.25) is 0 Å². The van der Waals surface area contributed by atoms with Gasteiger partial charge in [-0.15, -0.1) is 11.3 Å². The fourth-order valence-electron chi connectivity index (χ4n) is 2.13. The molecule has 0 bridgehead atoms. The molecule has 2 atom stereocenters. The minimum atomic E-state index is -3.51. The summed E-state index contributed by atoms with van der Waals surface area (Å²) in [5.74, 6) is 0. The zero-order chi connectivity index (χ0) is 13.3. The van der Waals surface area contributed by atoms with Crippen LogP contribution >= 0.6 is 11.3 Å². The van der Waals surface area contributed by atoms with Crippen molar-refractivity contribution >= 4 is 21.4 Å². The van der Waals surface area contributed by atoms with Crippen molar-refractivity contribution in [2.45, 2.75) is 43.9 Å². The number of aryl methyl sites for hydroxylation is 1. The summed E-state index contributed by atoms with van der Waals surface area (Å²) in [7, 11) is -3.51. The Morgan fingerprint density at radius 3 is 2.89 bits per heavy atom. The molecule has 0 amide bonds. The molecule has 0 spiro atoms. The van der Waals surface area contributed by atoms with Crippen LogP contribution < -0.4 is 10.5 Å². The molecule has 102 valence electrons. The molecule has 2 rings (SSSR count). The topological polar surface area (TPSA) is 81.4 Å². The van der Waals surface area contributed by atoms with E-state index in [-0.39, 0.29) is 18.7 Å². The average molecular weight is 290 g/mol. The zero-order valence-electron chi connectivity index (χ0n) is 10.5. The average Bonchev–Trinajstić information content (AvgIpc) is 2.85. The van der Waals surface area contributed by atoms with Crippen molar-refractivity contribution in [2.75, 3.05) is 6.61 Å². The normalized spacial score (nSPS) is 24.6. The van der Waals surface area contributed by atoms with Gasteiger partial charge in [0.2, 0.25) is 10.0 Å². The Morgan fingerprint density at radius 2 is 2.33 bits per heavy atom. The molecule has 0 aliphatic carbocycles. The molecule has 18 heavy (non-hydrogen) atoms.